The molecule has 0 bridgehead atoms. The zero-order valence-corrected chi connectivity index (χ0v) is 15.3. The van der Waals surface area contributed by atoms with Gasteiger partial charge in [0.15, 0.2) is 0 Å². The Labute approximate surface area is 153 Å². The van der Waals surface area contributed by atoms with Gasteiger partial charge in [0.25, 0.3) is 0 Å². The van der Waals surface area contributed by atoms with Crippen molar-refractivity contribution in [2.45, 2.75) is 19.9 Å². The van der Waals surface area contributed by atoms with E-state index < -0.39 is 0 Å². The molecular weight excluding hydrogens is 324 g/mol. The Morgan fingerprint density at radius 2 is 1.77 bits per heavy atom. The number of H-pyrrole nitrogens is 1. The molecule has 0 amide bonds. The third kappa shape index (κ3) is 3.53. The van der Waals surface area contributed by atoms with Gasteiger partial charge >= 0.3 is 5.69 Å². The van der Waals surface area contributed by atoms with Crippen LogP contribution < -0.4 is 10.6 Å². The van der Waals surface area contributed by atoms with E-state index in [0.717, 1.165) is 56.7 Å². The maximum atomic E-state index is 12.1. The second kappa shape index (κ2) is 7.38. The van der Waals surface area contributed by atoms with Crippen molar-refractivity contribution >= 4 is 16.7 Å². The van der Waals surface area contributed by atoms with Crippen LogP contribution in [0.25, 0.3) is 11.0 Å². The van der Waals surface area contributed by atoms with Crippen molar-refractivity contribution in [3.63, 3.8) is 0 Å². The number of aromatic nitrogens is 2. The summed E-state index contributed by atoms with van der Waals surface area (Å²) in [6, 6.07) is 16.6. The van der Waals surface area contributed by atoms with Gasteiger partial charge in [-0.1, -0.05) is 24.3 Å². The van der Waals surface area contributed by atoms with Crippen molar-refractivity contribution in [1.29, 1.82) is 0 Å². The number of para-hydroxylation sites is 2. The third-order valence-corrected chi connectivity index (χ3v) is 5.28. The summed E-state index contributed by atoms with van der Waals surface area (Å²) in [5.41, 5.74) is 4.56. The SMILES string of the molecule is Cc1cccc(N2CCN(CCCn3c(=O)[nH]c4ccccc43)CC2)c1. The summed E-state index contributed by atoms with van der Waals surface area (Å²) >= 11 is 0. The normalized spacial score (nSPS) is 15.7. The first kappa shape index (κ1) is 16.9. The summed E-state index contributed by atoms with van der Waals surface area (Å²) in [6.45, 7) is 8.24. The molecule has 5 heteroatoms. The standard InChI is InChI=1S/C21H26N4O/c1-17-6-4-7-18(16-17)24-14-12-23(13-15-24)10-5-11-25-20-9-3-2-8-19(20)22-21(25)26/h2-4,6-9,16H,5,10-15H2,1H3,(H,22,26). The van der Waals surface area contributed by atoms with Crippen LogP contribution in [-0.2, 0) is 6.54 Å². The first-order valence-corrected chi connectivity index (χ1v) is 9.42. The first-order valence-electron chi connectivity index (χ1n) is 9.42. The van der Waals surface area contributed by atoms with Crippen LogP contribution >= 0.6 is 0 Å². The second-order valence-electron chi connectivity index (χ2n) is 7.12. The summed E-state index contributed by atoms with van der Waals surface area (Å²) in [5, 5.41) is 0. The Hall–Kier alpha value is -2.53. The maximum absolute atomic E-state index is 12.1. The lowest BCUT2D eigenvalue weighted by atomic mass is 10.2. The lowest BCUT2D eigenvalue weighted by Gasteiger charge is -2.36. The van der Waals surface area contributed by atoms with Crippen LogP contribution in [0, 0.1) is 6.92 Å². The second-order valence-corrected chi connectivity index (χ2v) is 7.12. The van der Waals surface area contributed by atoms with E-state index in [1.165, 1.54) is 11.3 Å². The Bertz CT molecular complexity index is 934. The Morgan fingerprint density at radius 1 is 0.962 bits per heavy atom. The molecule has 0 saturated carbocycles. The van der Waals surface area contributed by atoms with Crippen molar-refractivity contribution in [3.05, 3.63) is 64.6 Å². The van der Waals surface area contributed by atoms with E-state index in [1.807, 2.05) is 28.8 Å². The van der Waals surface area contributed by atoms with E-state index in [2.05, 4.69) is 46.0 Å². The average molecular weight is 350 g/mol. The number of aromatic amines is 1. The average Bonchev–Trinajstić information content (AvgIpc) is 2.98. The molecule has 0 spiro atoms. The van der Waals surface area contributed by atoms with Crippen molar-refractivity contribution in [2.24, 2.45) is 0 Å². The molecule has 1 aliphatic heterocycles. The van der Waals surface area contributed by atoms with Gasteiger partial charge in [0, 0.05) is 38.4 Å². The van der Waals surface area contributed by atoms with Crippen molar-refractivity contribution < 1.29 is 0 Å². The number of hydrogen-bond donors (Lipinski definition) is 1. The van der Waals surface area contributed by atoms with Gasteiger partial charge in [0.2, 0.25) is 0 Å². The summed E-state index contributed by atoms with van der Waals surface area (Å²) in [6.07, 6.45) is 0.992. The monoisotopic (exact) mass is 350 g/mol. The summed E-state index contributed by atoms with van der Waals surface area (Å²) in [7, 11) is 0. The highest BCUT2D eigenvalue weighted by Crippen LogP contribution is 2.18. The minimum absolute atomic E-state index is 0.00420. The predicted molar refractivity (Wildman–Crippen MR) is 107 cm³/mol. The van der Waals surface area contributed by atoms with E-state index in [0.29, 0.717) is 0 Å². The van der Waals surface area contributed by atoms with E-state index in [-0.39, 0.29) is 5.69 Å². The molecule has 1 fully saturated rings. The molecule has 26 heavy (non-hydrogen) atoms. The number of fused-ring (bicyclic) bond motifs is 1. The molecule has 2 heterocycles. The molecule has 136 valence electrons. The van der Waals surface area contributed by atoms with Gasteiger partial charge in [0.05, 0.1) is 11.0 Å². The molecule has 1 saturated heterocycles. The van der Waals surface area contributed by atoms with Crippen LogP contribution in [0.15, 0.2) is 53.3 Å². The Kier molecular flexibility index (Phi) is 4.80. The minimum atomic E-state index is -0.00420. The van der Waals surface area contributed by atoms with Gasteiger partial charge in [-0.25, -0.2) is 4.79 Å². The number of nitrogens with zero attached hydrogens (tertiary/aromatic N) is 3. The molecule has 1 aliphatic rings. The zero-order valence-electron chi connectivity index (χ0n) is 15.3. The largest absolute Gasteiger partial charge is 0.369 e. The van der Waals surface area contributed by atoms with Gasteiger partial charge in [-0.05, 0) is 49.7 Å². The predicted octanol–water partition coefficient (Wildman–Crippen LogP) is 2.85. The van der Waals surface area contributed by atoms with Crippen LogP contribution in [-0.4, -0.2) is 47.2 Å². The fourth-order valence-electron chi connectivity index (χ4n) is 3.84. The maximum Gasteiger partial charge on any atom is 0.326 e. The summed E-state index contributed by atoms with van der Waals surface area (Å²) in [4.78, 5) is 20.0. The number of nitrogens with one attached hydrogen (secondary N) is 1. The number of hydrogen-bond acceptors (Lipinski definition) is 3. The van der Waals surface area contributed by atoms with Crippen LogP contribution in [0.2, 0.25) is 0 Å². The van der Waals surface area contributed by atoms with E-state index in [9.17, 15) is 4.79 Å². The van der Waals surface area contributed by atoms with Gasteiger partial charge in [-0.2, -0.15) is 0 Å². The van der Waals surface area contributed by atoms with E-state index in [4.69, 9.17) is 0 Å². The van der Waals surface area contributed by atoms with Crippen LogP contribution in [0.5, 0.6) is 0 Å². The van der Waals surface area contributed by atoms with E-state index >= 15 is 0 Å². The van der Waals surface area contributed by atoms with Crippen LogP contribution in [0.1, 0.15) is 12.0 Å². The van der Waals surface area contributed by atoms with Crippen LogP contribution in [0.4, 0.5) is 5.69 Å². The van der Waals surface area contributed by atoms with Gasteiger partial charge < -0.3 is 9.88 Å². The van der Waals surface area contributed by atoms with Crippen LogP contribution in [0.3, 0.4) is 0 Å². The highest BCUT2D eigenvalue weighted by atomic mass is 16.1. The highest BCUT2D eigenvalue weighted by Gasteiger charge is 2.17. The fraction of sp³-hybridized carbons (Fsp3) is 0.381. The summed E-state index contributed by atoms with van der Waals surface area (Å²) < 4.78 is 1.86. The number of imidazole rings is 1. The molecule has 0 radical (unpaired) electrons. The first-order chi connectivity index (χ1) is 12.7. The van der Waals surface area contributed by atoms with Crippen molar-refractivity contribution in [2.75, 3.05) is 37.6 Å². The van der Waals surface area contributed by atoms with Gasteiger partial charge in [0.1, 0.15) is 0 Å². The number of rotatable bonds is 5. The number of benzene rings is 2. The zero-order chi connectivity index (χ0) is 17.9. The molecule has 0 unspecified atom stereocenters. The fourth-order valence-corrected chi connectivity index (χ4v) is 3.84. The Morgan fingerprint density at radius 3 is 2.58 bits per heavy atom. The molecule has 0 atom stereocenters. The number of anilines is 1. The topological polar surface area (TPSA) is 44.3 Å². The van der Waals surface area contributed by atoms with Crippen molar-refractivity contribution in [3.8, 4) is 0 Å². The smallest absolute Gasteiger partial charge is 0.326 e. The molecule has 4 rings (SSSR count). The quantitative estimate of drug-likeness (QED) is 0.770. The lowest BCUT2D eigenvalue weighted by molar-refractivity contribution is 0.250. The minimum Gasteiger partial charge on any atom is -0.369 e. The summed E-state index contributed by atoms with van der Waals surface area (Å²) in [5.74, 6) is 0. The van der Waals surface area contributed by atoms with Crippen molar-refractivity contribution in [1.82, 2.24) is 14.5 Å². The third-order valence-electron chi connectivity index (χ3n) is 5.28. The van der Waals surface area contributed by atoms with Gasteiger partial charge in [-0.15, -0.1) is 0 Å². The highest BCUT2D eigenvalue weighted by molar-refractivity contribution is 5.74. The van der Waals surface area contributed by atoms with Gasteiger partial charge in [-0.3, -0.25) is 9.47 Å². The molecule has 0 aliphatic carbocycles. The molecule has 5 nitrogen and oxygen atoms in total. The van der Waals surface area contributed by atoms with E-state index in [1.54, 1.807) is 0 Å². The molecule has 1 N–H and O–H groups in total. The number of piperazine rings is 1. The molecule has 3 aromatic rings. The molecule has 2 aromatic carbocycles. The lowest BCUT2D eigenvalue weighted by Crippen LogP contribution is -2.46. The Balaban J connectivity index is 1.30. The molecular formula is C21H26N4O. The molecule has 1 aromatic heterocycles. The number of aryl methyl sites for hydroxylation is 2.